The van der Waals surface area contributed by atoms with Crippen LogP contribution in [0, 0.1) is 13.8 Å². The molecule has 0 bridgehead atoms. The molecule has 2 aliphatic rings. The van der Waals surface area contributed by atoms with Gasteiger partial charge in [-0.1, -0.05) is 24.3 Å². The number of hydrogen-bond donors (Lipinski definition) is 2. The number of aryl methyl sites for hydroxylation is 2. The number of benzene rings is 2. The van der Waals surface area contributed by atoms with Crippen LogP contribution in [0.15, 0.2) is 36.4 Å². The van der Waals surface area contributed by atoms with Crippen molar-refractivity contribution >= 4 is 0 Å². The Morgan fingerprint density at radius 2 is 1.74 bits per heavy atom. The number of likely N-dealkylation sites (tertiary alicyclic amines) is 1. The lowest BCUT2D eigenvalue weighted by atomic mass is 9.84. The molecule has 2 aromatic rings. The van der Waals surface area contributed by atoms with E-state index in [0.29, 0.717) is 25.1 Å². The van der Waals surface area contributed by atoms with Crippen LogP contribution in [0.3, 0.4) is 0 Å². The second kappa shape index (κ2) is 7.15. The van der Waals surface area contributed by atoms with Gasteiger partial charge in [0.05, 0.1) is 11.7 Å². The van der Waals surface area contributed by atoms with Gasteiger partial charge in [-0.3, -0.25) is 0 Å². The summed E-state index contributed by atoms with van der Waals surface area (Å²) < 4.78 is 10.8. The lowest BCUT2D eigenvalue weighted by Gasteiger charge is -2.39. The first kappa shape index (κ1) is 18.3. The van der Waals surface area contributed by atoms with Crippen molar-refractivity contribution in [2.75, 3.05) is 26.4 Å². The van der Waals surface area contributed by atoms with E-state index < -0.39 is 11.7 Å². The third kappa shape index (κ3) is 3.68. The number of rotatable bonds is 4. The summed E-state index contributed by atoms with van der Waals surface area (Å²) in [4.78, 5) is 2.22. The predicted molar refractivity (Wildman–Crippen MR) is 103 cm³/mol. The van der Waals surface area contributed by atoms with Gasteiger partial charge in [-0.2, -0.15) is 0 Å². The van der Waals surface area contributed by atoms with Gasteiger partial charge in [-0.05, 0) is 61.1 Å². The van der Waals surface area contributed by atoms with Gasteiger partial charge in [-0.25, -0.2) is 0 Å². The predicted octanol–water partition coefficient (Wildman–Crippen LogP) is 3.05. The molecule has 0 spiro atoms. The molecule has 1 saturated heterocycles. The number of fused-ring (bicyclic) bond motifs is 1. The monoisotopic (exact) mass is 369 g/mol. The van der Waals surface area contributed by atoms with Crippen molar-refractivity contribution in [2.45, 2.75) is 38.4 Å². The van der Waals surface area contributed by atoms with Crippen molar-refractivity contribution in [2.24, 2.45) is 0 Å². The maximum Gasteiger partial charge on any atom is 0.231 e. The highest BCUT2D eigenvalue weighted by molar-refractivity contribution is 5.46. The van der Waals surface area contributed by atoms with Gasteiger partial charge < -0.3 is 24.6 Å². The molecule has 0 amide bonds. The Hall–Kier alpha value is -2.08. The topological polar surface area (TPSA) is 62.2 Å². The van der Waals surface area contributed by atoms with Crippen LogP contribution < -0.4 is 9.47 Å². The Bertz CT molecular complexity index is 827. The number of aliphatic hydroxyl groups excluding tert-OH is 1. The molecular formula is C22H27NO4. The molecule has 2 N–H and O–H groups in total. The number of β-amino-alcohol motifs (C(OH)–C–C–N with tert-alkyl or cyclic N) is 1. The van der Waals surface area contributed by atoms with E-state index in [1.807, 2.05) is 24.3 Å². The second-order valence-electron chi connectivity index (χ2n) is 7.76. The minimum Gasteiger partial charge on any atom is -0.454 e. The van der Waals surface area contributed by atoms with Crippen molar-refractivity contribution < 1.29 is 19.7 Å². The average molecular weight is 369 g/mol. The van der Waals surface area contributed by atoms with Gasteiger partial charge in [0.15, 0.2) is 11.5 Å². The summed E-state index contributed by atoms with van der Waals surface area (Å²) in [6, 6.07) is 11.8. The van der Waals surface area contributed by atoms with E-state index in [0.717, 1.165) is 30.0 Å². The molecule has 4 rings (SSSR count). The first-order chi connectivity index (χ1) is 12.9. The normalized spacial score (nSPS) is 19.9. The van der Waals surface area contributed by atoms with Gasteiger partial charge in [0, 0.05) is 19.6 Å². The van der Waals surface area contributed by atoms with E-state index in [1.165, 1.54) is 11.1 Å². The molecule has 0 radical (unpaired) electrons. The van der Waals surface area contributed by atoms with E-state index in [9.17, 15) is 10.2 Å². The summed E-state index contributed by atoms with van der Waals surface area (Å²) in [5.41, 5.74) is 3.40. The largest absolute Gasteiger partial charge is 0.454 e. The summed E-state index contributed by atoms with van der Waals surface area (Å²) in [5, 5.41) is 21.7. The number of piperidine rings is 1. The summed E-state index contributed by atoms with van der Waals surface area (Å²) >= 11 is 0. The SMILES string of the molecule is Cc1ccc(C(O)CN2CCC(O)(c3ccc4c(c3)OCO4)CC2)cc1C. The molecule has 5 nitrogen and oxygen atoms in total. The zero-order valence-electron chi connectivity index (χ0n) is 15.9. The lowest BCUT2D eigenvalue weighted by Crippen LogP contribution is -2.43. The van der Waals surface area contributed by atoms with E-state index >= 15 is 0 Å². The molecule has 27 heavy (non-hydrogen) atoms. The van der Waals surface area contributed by atoms with Gasteiger partial charge in [0.25, 0.3) is 0 Å². The van der Waals surface area contributed by atoms with Crippen LogP contribution in [0.5, 0.6) is 11.5 Å². The summed E-state index contributed by atoms with van der Waals surface area (Å²) in [5.74, 6) is 1.44. The minimum atomic E-state index is -0.858. The molecule has 144 valence electrons. The third-order valence-electron chi connectivity index (χ3n) is 5.94. The Labute approximate surface area is 160 Å². The molecule has 2 aromatic carbocycles. The second-order valence-corrected chi connectivity index (χ2v) is 7.76. The highest BCUT2D eigenvalue weighted by atomic mass is 16.7. The molecule has 2 aliphatic heterocycles. The van der Waals surface area contributed by atoms with Crippen molar-refractivity contribution in [3.05, 3.63) is 58.7 Å². The van der Waals surface area contributed by atoms with Crippen LogP contribution in [0.25, 0.3) is 0 Å². The quantitative estimate of drug-likeness (QED) is 0.867. The number of aliphatic hydroxyl groups is 2. The van der Waals surface area contributed by atoms with Gasteiger partial charge >= 0.3 is 0 Å². The number of nitrogens with zero attached hydrogens (tertiary/aromatic N) is 1. The van der Waals surface area contributed by atoms with Crippen LogP contribution >= 0.6 is 0 Å². The Kier molecular flexibility index (Phi) is 4.84. The number of ether oxygens (including phenoxy) is 2. The molecule has 0 saturated carbocycles. The zero-order chi connectivity index (χ0) is 19.0. The molecule has 1 fully saturated rings. The third-order valence-corrected chi connectivity index (χ3v) is 5.94. The molecule has 2 heterocycles. The maximum absolute atomic E-state index is 11.1. The Balaban J connectivity index is 1.39. The number of hydrogen-bond acceptors (Lipinski definition) is 5. The van der Waals surface area contributed by atoms with Crippen molar-refractivity contribution in [3.8, 4) is 11.5 Å². The summed E-state index contributed by atoms with van der Waals surface area (Å²) in [6.07, 6.45) is 0.750. The Morgan fingerprint density at radius 1 is 1.00 bits per heavy atom. The first-order valence-corrected chi connectivity index (χ1v) is 9.55. The van der Waals surface area contributed by atoms with Crippen molar-refractivity contribution in [1.29, 1.82) is 0 Å². The maximum atomic E-state index is 11.1. The fourth-order valence-corrected chi connectivity index (χ4v) is 3.90. The van der Waals surface area contributed by atoms with Gasteiger partial charge in [-0.15, -0.1) is 0 Å². The highest BCUT2D eigenvalue weighted by Gasteiger charge is 2.35. The first-order valence-electron chi connectivity index (χ1n) is 9.55. The van der Waals surface area contributed by atoms with E-state index in [2.05, 4.69) is 30.9 Å². The van der Waals surface area contributed by atoms with Crippen molar-refractivity contribution in [3.63, 3.8) is 0 Å². The molecule has 0 aromatic heterocycles. The van der Waals surface area contributed by atoms with E-state index in [4.69, 9.17) is 9.47 Å². The average Bonchev–Trinajstić information content (AvgIpc) is 3.14. The molecular weight excluding hydrogens is 342 g/mol. The van der Waals surface area contributed by atoms with Gasteiger partial charge in [0.2, 0.25) is 6.79 Å². The summed E-state index contributed by atoms with van der Waals surface area (Å²) in [6.45, 7) is 6.45. The van der Waals surface area contributed by atoms with Crippen LogP contribution in [-0.2, 0) is 5.60 Å². The highest BCUT2D eigenvalue weighted by Crippen LogP contribution is 2.39. The summed E-state index contributed by atoms with van der Waals surface area (Å²) in [7, 11) is 0. The van der Waals surface area contributed by atoms with Crippen LogP contribution in [0.1, 0.15) is 41.2 Å². The fraction of sp³-hybridized carbons (Fsp3) is 0.455. The van der Waals surface area contributed by atoms with E-state index in [1.54, 1.807) is 0 Å². The smallest absolute Gasteiger partial charge is 0.231 e. The molecule has 1 unspecified atom stereocenters. The van der Waals surface area contributed by atoms with Crippen LogP contribution in [0.4, 0.5) is 0 Å². The molecule has 1 atom stereocenters. The zero-order valence-corrected chi connectivity index (χ0v) is 15.9. The van der Waals surface area contributed by atoms with Crippen molar-refractivity contribution in [1.82, 2.24) is 4.90 Å². The van der Waals surface area contributed by atoms with Gasteiger partial charge in [0.1, 0.15) is 0 Å². The minimum absolute atomic E-state index is 0.237. The molecule has 0 aliphatic carbocycles. The van der Waals surface area contributed by atoms with E-state index in [-0.39, 0.29) is 6.79 Å². The standard InChI is InChI=1S/C22H27NO4/c1-15-3-4-17(11-16(15)2)19(24)13-23-9-7-22(25,8-10-23)18-5-6-20-21(12-18)27-14-26-20/h3-6,11-12,19,24-25H,7-10,13-14H2,1-2H3. The van der Waals surface area contributed by atoms with Crippen LogP contribution in [-0.4, -0.2) is 41.5 Å². The lowest BCUT2D eigenvalue weighted by molar-refractivity contribution is -0.0345. The van der Waals surface area contributed by atoms with Crippen LogP contribution in [0.2, 0.25) is 0 Å². The molecule has 5 heteroatoms. The Morgan fingerprint density at radius 3 is 2.48 bits per heavy atom. The fourth-order valence-electron chi connectivity index (χ4n) is 3.90.